The van der Waals surface area contributed by atoms with Crippen molar-refractivity contribution < 1.29 is 13.9 Å². The lowest BCUT2D eigenvalue weighted by Crippen LogP contribution is -2.21. The Balaban J connectivity index is 1.66. The average Bonchev–Trinajstić information content (AvgIpc) is 3.04. The van der Waals surface area contributed by atoms with Crippen molar-refractivity contribution in [3.05, 3.63) is 77.5 Å². The Morgan fingerprint density at radius 2 is 1.75 bits per heavy atom. The van der Waals surface area contributed by atoms with Gasteiger partial charge in [0.05, 0.1) is 18.0 Å². The van der Waals surface area contributed by atoms with Gasteiger partial charge >= 0.3 is 0 Å². The van der Waals surface area contributed by atoms with Crippen molar-refractivity contribution in [2.75, 3.05) is 6.54 Å². The molecular weight excluding hydrogens is 312 g/mol. The molecule has 0 bridgehead atoms. The number of aliphatic hydroxyl groups excluding tert-OH is 1. The van der Waals surface area contributed by atoms with Crippen LogP contribution in [0.1, 0.15) is 17.2 Å². The summed E-state index contributed by atoms with van der Waals surface area (Å²) < 4.78 is 27.5. The van der Waals surface area contributed by atoms with Gasteiger partial charge in [0.1, 0.15) is 11.6 Å². The van der Waals surface area contributed by atoms with E-state index >= 15 is 0 Å². The first-order chi connectivity index (χ1) is 11.7. The number of hydrogen-bond donors (Lipinski definition) is 3. The van der Waals surface area contributed by atoms with Crippen LogP contribution >= 0.6 is 0 Å². The molecule has 0 radical (unpaired) electrons. The minimum absolute atomic E-state index is 0.169. The minimum atomic E-state index is -0.963. The van der Waals surface area contributed by atoms with Gasteiger partial charge in [-0.25, -0.2) is 8.78 Å². The number of halogens is 2. The van der Waals surface area contributed by atoms with E-state index in [-0.39, 0.29) is 17.9 Å². The molecular formula is C18H17F2N3O. The van der Waals surface area contributed by atoms with Crippen LogP contribution in [0.25, 0.3) is 11.3 Å². The van der Waals surface area contributed by atoms with Gasteiger partial charge in [0.15, 0.2) is 0 Å². The number of benzene rings is 2. The number of nitrogens with one attached hydrogen (secondary N) is 2. The van der Waals surface area contributed by atoms with Gasteiger partial charge in [0.25, 0.3) is 0 Å². The van der Waals surface area contributed by atoms with Gasteiger partial charge in [-0.1, -0.05) is 30.3 Å². The van der Waals surface area contributed by atoms with Gasteiger partial charge in [-0.05, 0) is 18.2 Å². The molecule has 6 heteroatoms. The van der Waals surface area contributed by atoms with E-state index in [9.17, 15) is 13.9 Å². The standard InChI is InChI=1S/C18H17F2N3O/c19-15-7-3-1-5-13(15)17(24)11-21-9-12-10-22-23-18(12)14-6-2-4-8-16(14)20/h1-8,10,17,21,24H,9,11H2,(H,22,23). The van der Waals surface area contributed by atoms with Crippen molar-refractivity contribution in [1.29, 1.82) is 0 Å². The average molecular weight is 329 g/mol. The van der Waals surface area contributed by atoms with E-state index in [0.29, 0.717) is 17.8 Å². The van der Waals surface area contributed by atoms with Crippen LogP contribution in [0.5, 0.6) is 0 Å². The van der Waals surface area contributed by atoms with Crippen LogP contribution in [0.4, 0.5) is 8.78 Å². The van der Waals surface area contributed by atoms with Gasteiger partial charge in [-0.3, -0.25) is 5.10 Å². The SMILES string of the molecule is OC(CNCc1cn[nH]c1-c1ccccc1F)c1ccccc1F. The number of nitrogens with zero attached hydrogens (tertiary/aromatic N) is 1. The van der Waals surface area contributed by atoms with E-state index in [1.165, 1.54) is 12.1 Å². The summed E-state index contributed by atoms with van der Waals surface area (Å²) in [7, 11) is 0. The second kappa shape index (κ2) is 7.33. The van der Waals surface area contributed by atoms with E-state index < -0.39 is 11.9 Å². The molecule has 1 aromatic heterocycles. The monoisotopic (exact) mass is 329 g/mol. The molecule has 1 atom stereocenters. The Hall–Kier alpha value is -2.57. The lowest BCUT2D eigenvalue weighted by molar-refractivity contribution is 0.169. The summed E-state index contributed by atoms with van der Waals surface area (Å²) in [6, 6.07) is 12.5. The molecule has 0 amide bonds. The predicted octanol–water partition coefficient (Wildman–Crippen LogP) is 3.18. The summed E-state index contributed by atoms with van der Waals surface area (Å²) in [6.45, 7) is 0.536. The maximum atomic E-state index is 13.9. The molecule has 124 valence electrons. The molecule has 3 aromatic rings. The fraction of sp³-hybridized carbons (Fsp3) is 0.167. The van der Waals surface area contributed by atoms with Crippen molar-refractivity contribution in [2.24, 2.45) is 0 Å². The quantitative estimate of drug-likeness (QED) is 0.651. The molecule has 3 rings (SSSR count). The highest BCUT2D eigenvalue weighted by atomic mass is 19.1. The zero-order valence-electron chi connectivity index (χ0n) is 12.8. The van der Waals surface area contributed by atoms with Crippen molar-refractivity contribution in [1.82, 2.24) is 15.5 Å². The number of H-pyrrole nitrogens is 1. The Morgan fingerprint density at radius 1 is 1.04 bits per heavy atom. The van der Waals surface area contributed by atoms with Crippen LogP contribution in [-0.2, 0) is 6.54 Å². The van der Waals surface area contributed by atoms with Gasteiger partial charge in [-0.2, -0.15) is 5.10 Å². The van der Waals surface area contributed by atoms with Crippen molar-refractivity contribution in [2.45, 2.75) is 12.6 Å². The Labute approximate surface area is 138 Å². The molecule has 0 spiro atoms. The molecule has 0 saturated carbocycles. The van der Waals surface area contributed by atoms with Gasteiger partial charge < -0.3 is 10.4 Å². The van der Waals surface area contributed by atoms with E-state index in [1.54, 1.807) is 42.6 Å². The zero-order valence-corrected chi connectivity index (χ0v) is 12.8. The van der Waals surface area contributed by atoms with Crippen LogP contribution in [0.2, 0.25) is 0 Å². The normalized spacial score (nSPS) is 12.3. The number of aromatic nitrogens is 2. The van der Waals surface area contributed by atoms with Gasteiger partial charge in [0, 0.05) is 29.8 Å². The molecule has 2 aromatic carbocycles. The second-order valence-electron chi connectivity index (χ2n) is 5.42. The summed E-state index contributed by atoms with van der Waals surface area (Å²) in [4.78, 5) is 0. The minimum Gasteiger partial charge on any atom is -0.387 e. The predicted molar refractivity (Wildman–Crippen MR) is 87.0 cm³/mol. The molecule has 1 heterocycles. The second-order valence-corrected chi connectivity index (χ2v) is 5.42. The number of aliphatic hydroxyl groups is 1. The molecule has 0 aliphatic rings. The Morgan fingerprint density at radius 3 is 2.50 bits per heavy atom. The zero-order chi connectivity index (χ0) is 16.9. The Bertz CT molecular complexity index is 819. The first-order valence-electron chi connectivity index (χ1n) is 7.57. The van der Waals surface area contributed by atoms with Crippen LogP contribution in [0, 0.1) is 11.6 Å². The molecule has 0 fully saturated rings. The highest BCUT2D eigenvalue weighted by Crippen LogP contribution is 2.24. The molecule has 0 saturated heterocycles. The van der Waals surface area contributed by atoms with Crippen LogP contribution in [-0.4, -0.2) is 21.8 Å². The maximum absolute atomic E-state index is 13.9. The highest BCUT2D eigenvalue weighted by Gasteiger charge is 2.14. The van der Waals surface area contributed by atoms with E-state index in [2.05, 4.69) is 15.5 Å². The third-order valence-electron chi connectivity index (χ3n) is 3.78. The summed E-state index contributed by atoms with van der Waals surface area (Å²) in [5.41, 5.74) is 2.02. The summed E-state index contributed by atoms with van der Waals surface area (Å²) in [6.07, 6.45) is 0.638. The molecule has 1 unspecified atom stereocenters. The topological polar surface area (TPSA) is 60.9 Å². The van der Waals surface area contributed by atoms with E-state index in [0.717, 1.165) is 5.56 Å². The summed E-state index contributed by atoms with van der Waals surface area (Å²) in [5, 5.41) is 19.9. The highest BCUT2D eigenvalue weighted by molar-refractivity contribution is 5.63. The van der Waals surface area contributed by atoms with Crippen LogP contribution in [0.3, 0.4) is 0 Å². The van der Waals surface area contributed by atoms with Crippen LogP contribution < -0.4 is 5.32 Å². The van der Waals surface area contributed by atoms with E-state index in [1.807, 2.05) is 0 Å². The molecule has 3 N–H and O–H groups in total. The molecule has 0 aliphatic heterocycles. The summed E-state index contributed by atoms with van der Waals surface area (Å²) in [5.74, 6) is -0.781. The van der Waals surface area contributed by atoms with Gasteiger partial charge in [-0.15, -0.1) is 0 Å². The van der Waals surface area contributed by atoms with Crippen LogP contribution in [0.15, 0.2) is 54.7 Å². The lowest BCUT2D eigenvalue weighted by atomic mass is 10.1. The first kappa shape index (κ1) is 16.3. The third kappa shape index (κ3) is 3.50. The van der Waals surface area contributed by atoms with Crippen molar-refractivity contribution >= 4 is 0 Å². The van der Waals surface area contributed by atoms with Crippen molar-refractivity contribution in [3.63, 3.8) is 0 Å². The molecule has 4 nitrogen and oxygen atoms in total. The Kier molecular flexibility index (Phi) is 4.98. The fourth-order valence-electron chi connectivity index (χ4n) is 2.54. The number of rotatable bonds is 6. The lowest BCUT2D eigenvalue weighted by Gasteiger charge is -2.13. The molecule has 0 aliphatic carbocycles. The van der Waals surface area contributed by atoms with Gasteiger partial charge in [0.2, 0.25) is 0 Å². The maximum Gasteiger partial charge on any atom is 0.132 e. The third-order valence-corrected chi connectivity index (χ3v) is 3.78. The first-order valence-corrected chi connectivity index (χ1v) is 7.57. The number of hydrogen-bond acceptors (Lipinski definition) is 3. The largest absolute Gasteiger partial charge is 0.387 e. The number of aromatic amines is 1. The molecule has 24 heavy (non-hydrogen) atoms. The summed E-state index contributed by atoms with van der Waals surface area (Å²) >= 11 is 0. The van der Waals surface area contributed by atoms with Crippen molar-refractivity contribution in [3.8, 4) is 11.3 Å². The smallest absolute Gasteiger partial charge is 0.132 e. The van der Waals surface area contributed by atoms with E-state index in [4.69, 9.17) is 0 Å². The fourth-order valence-corrected chi connectivity index (χ4v) is 2.54.